The van der Waals surface area contributed by atoms with Crippen LogP contribution in [-0.4, -0.2) is 38.6 Å². The summed E-state index contributed by atoms with van der Waals surface area (Å²) in [6.45, 7) is 3.46. The van der Waals surface area contributed by atoms with E-state index in [1.807, 2.05) is 0 Å². The van der Waals surface area contributed by atoms with E-state index in [1.54, 1.807) is 6.08 Å². The molecule has 1 amide bonds. The van der Waals surface area contributed by atoms with Crippen LogP contribution in [0.5, 0.6) is 0 Å². The second kappa shape index (κ2) is 5.11. The molecule has 0 aromatic heterocycles. The number of carbonyl (C=O) groups excluding carboxylic acids is 1. The first kappa shape index (κ1) is 13.1. The molecule has 0 radical (unpaired) electrons. The third-order valence-corrected chi connectivity index (χ3v) is 2.98. The average Bonchev–Trinajstić information content (AvgIpc) is 2.02. The Kier molecular flexibility index (Phi) is 4.79. The Hall–Kier alpha value is -0.880. The summed E-state index contributed by atoms with van der Waals surface area (Å²) in [6, 6.07) is 0. The zero-order valence-electron chi connectivity index (χ0n) is 8.43. The van der Waals surface area contributed by atoms with E-state index < -0.39 is 21.2 Å². The standard InChI is InChI=1S/C8H16N2O3S/c1-4-5-6-7(14(9,12)13)8(11)10(2)3/h4,7H,1,5-6H2,2-3H3,(H2,9,12,13)/t7-/m0/s1. The maximum Gasteiger partial charge on any atom is 0.241 e. The van der Waals surface area contributed by atoms with Gasteiger partial charge in [0.2, 0.25) is 15.9 Å². The molecule has 0 saturated heterocycles. The van der Waals surface area contributed by atoms with E-state index in [9.17, 15) is 13.2 Å². The number of nitrogens with two attached hydrogens (primary N) is 1. The number of sulfonamides is 1. The van der Waals surface area contributed by atoms with Crippen molar-refractivity contribution in [2.75, 3.05) is 14.1 Å². The fraction of sp³-hybridized carbons (Fsp3) is 0.625. The van der Waals surface area contributed by atoms with Crippen molar-refractivity contribution in [3.05, 3.63) is 12.7 Å². The predicted octanol–water partition coefficient (Wildman–Crippen LogP) is -0.302. The molecule has 0 rings (SSSR count). The molecule has 0 bridgehead atoms. The van der Waals surface area contributed by atoms with E-state index in [1.165, 1.54) is 19.0 Å². The minimum absolute atomic E-state index is 0.180. The summed E-state index contributed by atoms with van der Waals surface area (Å²) in [6.07, 6.45) is 2.18. The lowest BCUT2D eigenvalue weighted by molar-refractivity contribution is -0.128. The van der Waals surface area contributed by atoms with Crippen LogP contribution in [0.15, 0.2) is 12.7 Å². The molecule has 0 fully saturated rings. The van der Waals surface area contributed by atoms with Gasteiger partial charge in [0.05, 0.1) is 0 Å². The van der Waals surface area contributed by atoms with Gasteiger partial charge in [-0.3, -0.25) is 4.79 Å². The van der Waals surface area contributed by atoms with Crippen LogP contribution in [0.3, 0.4) is 0 Å². The van der Waals surface area contributed by atoms with Gasteiger partial charge >= 0.3 is 0 Å². The number of hydrogen-bond acceptors (Lipinski definition) is 3. The molecule has 5 nitrogen and oxygen atoms in total. The summed E-state index contributed by atoms with van der Waals surface area (Å²) < 4.78 is 22.2. The van der Waals surface area contributed by atoms with E-state index in [0.29, 0.717) is 6.42 Å². The molecule has 0 aromatic rings. The third kappa shape index (κ3) is 3.89. The van der Waals surface area contributed by atoms with E-state index in [2.05, 4.69) is 6.58 Å². The first-order valence-electron chi connectivity index (χ1n) is 4.14. The van der Waals surface area contributed by atoms with Gasteiger partial charge in [0.25, 0.3) is 0 Å². The van der Waals surface area contributed by atoms with Crippen LogP contribution in [0.1, 0.15) is 12.8 Å². The molecule has 6 heteroatoms. The van der Waals surface area contributed by atoms with Gasteiger partial charge in [-0.15, -0.1) is 6.58 Å². The second-order valence-electron chi connectivity index (χ2n) is 3.18. The van der Waals surface area contributed by atoms with Gasteiger partial charge in [-0.1, -0.05) is 6.08 Å². The van der Waals surface area contributed by atoms with Crippen LogP contribution in [0.25, 0.3) is 0 Å². The lowest BCUT2D eigenvalue weighted by Gasteiger charge is -2.17. The Morgan fingerprint density at radius 1 is 1.57 bits per heavy atom. The van der Waals surface area contributed by atoms with Crippen molar-refractivity contribution in [1.29, 1.82) is 0 Å². The van der Waals surface area contributed by atoms with Crippen molar-refractivity contribution in [3.8, 4) is 0 Å². The van der Waals surface area contributed by atoms with Crippen LogP contribution >= 0.6 is 0 Å². The molecule has 1 atom stereocenters. The summed E-state index contributed by atoms with van der Waals surface area (Å²) in [5.41, 5.74) is 0. The molecule has 0 aromatic carbocycles. The highest BCUT2D eigenvalue weighted by molar-refractivity contribution is 7.90. The average molecular weight is 220 g/mol. The van der Waals surface area contributed by atoms with Crippen molar-refractivity contribution in [3.63, 3.8) is 0 Å². The molecular formula is C8H16N2O3S. The topological polar surface area (TPSA) is 80.5 Å². The Labute approximate surface area is 84.6 Å². The number of amides is 1. The van der Waals surface area contributed by atoms with E-state index in [-0.39, 0.29) is 6.42 Å². The van der Waals surface area contributed by atoms with Crippen molar-refractivity contribution >= 4 is 15.9 Å². The number of rotatable bonds is 5. The molecule has 0 spiro atoms. The number of primary sulfonamides is 1. The van der Waals surface area contributed by atoms with Crippen LogP contribution in [0, 0.1) is 0 Å². The Bertz CT molecular complexity index is 309. The largest absolute Gasteiger partial charge is 0.348 e. The fourth-order valence-corrected chi connectivity index (χ4v) is 1.94. The maximum atomic E-state index is 11.4. The highest BCUT2D eigenvalue weighted by Gasteiger charge is 2.29. The first-order chi connectivity index (χ1) is 6.30. The molecule has 0 unspecified atom stereocenters. The normalized spacial score (nSPS) is 13.4. The second-order valence-corrected chi connectivity index (χ2v) is 4.92. The highest BCUT2D eigenvalue weighted by Crippen LogP contribution is 2.08. The van der Waals surface area contributed by atoms with Crippen LogP contribution in [-0.2, 0) is 14.8 Å². The van der Waals surface area contributed by atoms with Crippen LogP contribution < -0.4 is 5.14 Å². The molecule has 0 saturated carbocycles. The molecule has 2 N–H and O–H groups in total. The fourth-order valence-electron chi connectivity index (χ4n) is 0.985. The number of nitrogens with zero attached hydrogens (tertiary/aromatic N) is 1. The van der Waals surface area contributed by atoms with Gasteiger partial charge in [0, 0.05) is 14.1 Å². The quantitative estimate of drug-likeness (QED) is 0.646. The highest BCUT2D eigenvalue weighted by atomic mass is 32.2. The minimum Gasteiger partial charge on any atom is -0.348 e. The van der Waals surface area contributed by atoms with E-state index in [0.717, 1.165) is 0 Å². The molecule has 0 aliphatic carbocycles. The zero-order chi connectivity index (χ0) is 11.4. The number of carbonyl (C=O) groups is 1. The van der Waals surface area contributed by atoms with E-state index in [4.69, 9.17) is 5.14 Å². The smallest absolute Gasteiger partial charge is 0.241 e. The van der Waals surface area contributed by atoms with E-state index >= 15 is 0 Å². The van der Waals surface area contributed by atoms with Gasteiger partial charge in [0.15, 0.2) is 5.25 Å². The van der Waals surface area contributed by atoms with Crippen molar-refractivity contribution < 1.29 is 13.2 Å². The van der Waals surface area contributed by atoms with Crippen LogP contribution in [0.2, 0.25) is 0 Å². The van der Waals surface area contributed by atoms with Gasteiger partial charge < -0.3 is 4.90 Å². The minimum atomic E-state index is -3.82. The van der Waals surface area contributed by atoms with Gasteiger partial charge in [-0.05, 0) is 12.8 Å². The van der Waals surface area contributed by atoms with Crippen molar-refractivity contribution in [2.45, 2.75) is 18.1 Å². The maximum absolute atomic E-state index is 11.4. The summed E-state index contributed by atoms with van der Waals surface area (Å²) >= 11 is 0. The van der Waals surface area contributed by atoms with Gasteiger partial charge in [-0.2, -0.15) is 0 Å². The SMILES string of the molecule is C=CCC[C@@H](C(=O)N(C)C)S(N)(=O)=O. The number of allylic oxidation sites excluding steroid dienone is 1. The summed E-state index contributed by atoms with van der Waals surface area (Å²) in [5.74, 6) is -0.491. The molecule has 0 aliphatic rings. The van der Waals surface area contributed by atoms with Crippen molar-refractivity contribution in [2.24, 2.45) is 5.14 Å². The zero-order valence-corrected chi connectivity index (χ0v) is 9.25. The summed E-state index contributed by atoms with van der Waals surface area (Å²) in [7, 11) is -0.831. The lowest BCUT2D eigenvalue weighted by atomic mass is 10.2. The molecule has 0 aliphatic heterocycles. The number of hydrogen-bond donors (Lipinski definition) is 1. The third-order valence-electron chi connectivity index (χ3n) is 1.75. The molecule has 82 valence electrons. The molecular weight excluding hydrogens is 204 g/mol. The first-order valence-corrected chi connectivity index (χ1v) is 5.75. The Balaban J connectivity index is 4.74. The molecule has 14 heavy (non-hydrogen) atoms. The predicted molar refractivity (Wildman–Crippen MR) is 55.0 cm³/mol. The lowest BCUT2D eigenvalue weighted by Crippen LogP contribution is -2.42. The van der Waals surface area contributed by atoms with Gasteiger partial charge in [0.1, 0.15) is 0 Å². The van der Waals surface area contributed by atoms with Crippen LogP contribution in [0.4, 0.5) is 0 Å². The summed E-state index contributed by atoms with van der Waals surface area (Å²) in [4.78, 5) is 12.6. The Morgan fingerprint density at radius 3 is 2.36 bits per heavy atom. The van der Waals surface area contributed by atoms with Gasteiger partial charge in [-0.25, -0.2) is 13.6 Å². The van der Waals surface area contributed by atoms with Crippen molar-refractivity contribution in [1.82, 2.24) is 4.90 Å². The Morgan fingerprint density at radius 2 is 2.07 bits per heavy atom. The monoisotopic (exact) mass is 220 g/mol. The summed E-state index contributed by atoms with van der Waals surface area (Å²) in [5, 5.41) is 3.79. The molecule has 0 heterocycles.